The van der Waals surface area contributed by atoms with Crippen LogP contribution >= 0.6 is 23.8 Å². The van der Waals surface area contributed by atoms with Gasteiger partial charge >= 0.3 is 0 Å². The Morgan fingerprint density at radius 1 is 1.09 bits per heavy atom. The lowest BCUT2D eigenvalue weighted by molar-refractivity contribution is 0.438. The van der Waals surface area contributed by atoms with E-state index in [1.807, 2.05) is 18.3 Å². The van der Waals surface area contributed by atoms with Crippen molar-refractivity contribution in [3.05, 3.63) is 76.3 Å². The average molecular weight is 480 g/mol. The van der Waals surface area contributed by atoms with E-state index in [4.69, 9.17) is 23.8 Å². The average Bonchev–Trinajstić information content (AvgIpc) is 3.32. The molecule has 0 amide bonds. The van der Waals surface area contributed by atoms with Gasteiger partial charge in [0.05, 0.1) is 28.5 Å². The van der Waals surface area contributed by atoms with E-state index in [2.05, 4.69) is 76.2 Å². The fourth-order valence-corrected chi connectivity index (χ4v) is 5.79. The van der Waals surface area contributed by atoms with E-state index in [0.29, 0.717) is 5.11 Å². The van der Waals surface area contributed by atoms with Gasteiger partial charge in [-0.15, -0.1) is 0 Å². The maximum Gasteiger partial charge on any atom is 0.174 e. The molecule has 0 spiro atoms. The number of nitrogens with zero attached hydrogens (tertiary/aromatic N) is 3. The molecular formula is C26H30ClN5S. The summed E-state index contributed by atoms with van der Waals surface area (Å²) in [6.45, 7) is 8.63. The van der Waals surface area contributed by atoms with Crippen LogP contribution in [0.5, 0.6) is 0 Å². The lowest BCUT2D eigenvalue weighted by atomic mass is 9.96. The van der Waals surface area contributed by atoms with Crippen LogP contribution in [0.4, 0.5) is 11.4 Å². The van der Waals surface area contributed by atoms with Gasteiger partial charge in [-0.3, -0.25) is 4.98 Å². The molecule has 2 atom stereocenters. The molecule has 5 rings (SSSR count). The molecule has 33 heavy (non-hydrogen) atoms. The predicted octanol–water partition coefficient (Wildman–Crippen LogP) is 6.09. The topological polar surface area (TPSA) is 47.2 Å². The van der Waals surface area contributed by atoms with Crippen molar-refractivity contribution < 1.29 is 0 Å². The minimum atomic E-state index is -0.0605. The molecule has 0 bridgehead atoms. The Balaban J connectivity index is 1.53. The number of piperidine rings is 1. The highest BCUT2D eigenvalue weighted by atomic mass is 35.5. The first-order chi connectivity index (χ1) is 15.9. The van der Waals surface area contributed by atoms with E-state index in [1.54, 1.807) is 0 Å². The Labute approximate surface area is 206 Å². The molecule has 2 saturated heterocycles. The Morgan fingerprint density at radius 2 is 1.88 bits per heavy atom. The highest BCUT2D eigenvalue weighted by Crippen LogP contribution is 2.44. The Morgan fingerprint density at radius 3 is 2.52 bits per heavy atom. The van der Waals surface area contributed by atoms with Gasteiger partial charge in [0.15, 0.2) is 5.11 Å². The number of rotatable bonds is 4. The molecule has 7 heteroatoms. The van der Waals surface area contributed by atoms with E-state index in [0.717, 1.165) is 52.5 Å². The van der Waals surface area contributed by atoms with Gasteiger partial charge in [0.1, 0.15) is 0 Å². The van der Waals surface area contributed by atoms with Gasteiger partial charge in [0.25, 0.3) is 0 Å². The molecule has 2 aliphatic heterocycles. The number of aromatic nitrogens is 2. The Kier molecular flexibility index (Phi) is 6.06. The Bertz CT molecular complexity index is 1150. The maximum absolute atomic E-state index is 6.86. The van der Waals surface area contributed by atoms with Crippen LogP contribution < -0.4 is 15.1 Å². The van der Waals surface area contributed by atoms with Crippen LogP contribution in [0, 0.1) is 19.8 Å². The number of aryl methyl sites for hydroxylation is 2. The molecule has 0 saturated carbocycles. The van der Waals surface area contributed by atoms with E-state index in [1.165, 1.54) is 18.4 Å². The van der Waals surface area contributed by atoms with Gasteiger partial charge in [-0.2, -0.15) is 0 Å². The minimum absolute atomic E-state index is 0.0323. The highest BCUT2D eigenvalue weighted by Gasteiger charge is 2.42. The van der Waals surface area contributed by atoms with Gasteiger partial charge in [-0.1, -0.05) is 24.6 Å². The number of pyridine rings is 1. The Hall–Kier alpha value is -2.57. The zero-order chi connectivity index (χ0) is 23.1. The molecule has 2 N–H and O–H groups in total. The van der Waals surface area contributed by atoms with E-state index >= 15 is 0 Å². The summed E-state index contributed by atoms with van der Waals surface area (Å²) in [5.41, 5.74) is 6.55. The molecule has 4 heterocycles. The molecule has 1 aromatic carbocycles. The summed E-state index contributed by atoms with van der Waals surface area (Å²) < 4.78 is 0. The molecule has 2 aromatic heterocycles. The second-order valence-corrected chi connectivity index (χ2v) is 10.1. The number of aromatic amines is 1. The summed E-state index contributed by atoms with van der Waals surface area (Å²) in [7, 11) is 0. The molecule has 0 aliphatic carbocycles. The lowest BCUT2D eigenvalue weighted by Crippen LogP contribution is -2.33. The minimum Gasteiger partial charge on any atom is -0.370 e. The van der Waals surface area contributed by atoms with Crippen molar-refractivity contribution in [3.63, 3.8) is 0 Å². The van der Waals surface area contributed by atoms with E-state index < -0.39 is 0 Å². The fraction of sp³-hybridized carbons (Fsp3) is 0.385. The third kappa shape index (κ3) is 4.22. The number of thiocarbonyl (C=S) groups is 1. The zero-order valence-electron chi connectivity index (χ0n) is 19.3. The summed E-state index contributed by atoms with van der Waals surface area (Å²) >= 11 is 12.7. The van der Waals surface area contributed by atoms with Crippen molar-refractivity contribution >= 4 is 40.3 Å². The predicted molar refractivity (Wildman–Crippen MR) is 140 cm³/mol. The first-order valence-corrected chi connectivity index (χ1v) is 12.4. The number of nitrogens with one attached hydrogen (secondary N) is 2. The maximum atomic E-state index is 6.86. The van der Waals surface area contributed by atoms with E-state index in [9.17, 15) is 0 Å². The molecule has 2 aliphatic rings. The number of hydrogen-bond acceptors (Lipinski definition) is 3. The normalized spacial score (nSPS) is 21.5. The van der Waals surface area contributed by atoms with Gasteiger partial charge in [-0.05, 0) is 86.8 Å². The quantitative estimate of drug-likeness (QED) is 0.443. The first-order valence-electron chi connectivity index (χ1n) is 11.6. The van der Waals surface area contributed by atoms with Crippen LogP contribution in [0.3, 0.4) is 0 Å². The largest absolute Gasteiger partial charge is 0.370 e. The number of hydrogen-bond donors (Lipinski definition) is 2. The molecule has 2 fully saturated rings. The lowest BCUT2D eigenvalue weighted by Gasteiger charge is -2.33. The first kappa shape index (κ1) is 22.2. The van der Waals surface area contributed by atoms with Gasteiger partial charge in [0.2, 0.25) is 0 Å². The van der Waals surface area contributed by atoms with Crippen LogP contribution in [0.15, 0.2) is 48.7 Å². The van der Waals surface area contributed by atoms with Crippen molar-refractivity contribution in [1.82, 2.24) is 15.3 Å². The molecule has 3 aromatic rings. The summed E-state index contributed by atoms with van der Waals surface area (Å²) in [5.74, 6) is 0.782. The van der Waals surface area contributed by atoms with Crippen LogP contribution in [0.2, 0.25) is 5.02 Å². The third-order valence-electron chi connectivity index (χ3n) is 6.94. The van der Waals surface area contributed by atoms with Crippen molar-refractivity contribution in [2.24, 2.45) is 5.92 Å². The van der Waals surface area contributed by atoms with Crippen LogP contribution in [-0.4, -0.2) is 28.2 Å². The summed E-state index contributed by atoms with van der Waals surface area (Å²) in [4.78, 5) is 12.7. The second kappa shape index (κ2) is 8.99. The SMILES string of the molecule is Cc1cc([C@H]2[C@H](c3ccccn3)NC(=S)N2c2ccc(N3CCC(C)CC3)c(Cl)c2)c(C)[nH]1. The monoisotopic (exact) mass is 479 g/mol. The molecule has 172 valence electrons. The third-order valence-corrected chi connectivity index (χ3v) is 7.56. The molecule has 5 nitrogen and oxygen atoms in total. The second-order valence-electron chi connectivity index (χ2n) is 9.33. The van der Waals surface area contributed by atoms with Crippen molar-refractivity contribution in [2.75, 3.05) is 22.9 Å². The summed E-state index contributed by atoms with van der Waals surface area (Å²) in [5, 5.41) is 4.99. The number of anilines is 2. The van der Waals surface area contributed by atoms with Crippen molar-refractivity contribution in [3.8, 4) is 0 Å². The molecule has 0 unspecified atom stereocenters. The standard InChI is InChI=1S/C26H30ClN5S/c1-16-9-12-31(13-10-16)23-8-7-19(15-21(23)27)32-25(20-14-17(2)29-18(20)3)24(30-26(32)33)22-6-4-5-11-28-22/h4-8,11,14-16,24-25,29H,9-10,12-13H2,1-3H3,(H,30,33)/t24-,25-/m0/s1. The number of halogens is 1. The number of H-pyrrole nitrogens is 1. The van der Waals surface area contributed by atoms with Crippen molar-refractivity contribution in [1.29, 1.82) is 0 Å². The molecule has 0 radical (unpaired) electrons. The zero-order valence-corrected chi connectivity index (χ0v) is 20.9. The van der Waals surface area contributed by atoms with Gasteiger partial charge < -0.3 is 20.1 Å². The fourth-order valence-electron chi connectivity index (χ4n) is 5.15. The number of benzene rings is 1. The van der Waals surface area contributed by atoms with Gasteiger partial charge in [-0.25, -0.2) is 0 Å². The molecular weight excluding hydrogens is 450 g/mol. The van der Waals surface area contributed by atoms with Gasteiger partial charge in [0, 0.05) is 36.4 Å². The van der Waals surface area contributed by atoms with Crippen LogP contribution in [0.1, 0.15) is 54.5 Å². The summed E-state index contributed by atoms with van der Waals surface area (Å²) in [6.07, 6.45) is 4.25. The van der Waals surface area contributed by atoms with E-state index in [-0.39, 0.29) is 12.1 Å². The van der Waals surface area contributed by atoms with Crippen LogP contribution in [0.25, 0.3) is 0 Å². The highest BCUT2D eigenvalue weighted by molar-refractivity contribution is 7.80. The smallest absolute Gasteiger partial charge is 0.174 e. The van der Waals surface area contributed by atoms with Crippen molar-refractivity contribution in [2.45, 2.75) is 45.7 Å². The van der Waals surface area contributed by atoms with Crippen LogP contribution in [-0.2, 0) is 0 Å². The summed E-state index contributed by atoms with van der Waals surface area (Å²) in [6, 6.07) is 14.5.